The molecule has 88 valence electrons. The van der Waals surface area contributed by atoms with Crippen LogP contribution in [-0.2, 0) is 14.6 Å². The van der Waals surface area contributed by atoms with E-state index in [0.29, 0.717) is 5.56 Å². The first-order valence-corrected chi connectivity index (χ1v) is 5.02. The molecule has 0 aromatic heterocycles. The summed E-state index contributed by atoms with van der Waals surface area (Å²) in [5, 5.41) is 9.02. The van der Waals surface area contributed by atoms with Crippen LogP contribution in [0.15, 0.2) is 30.3 Å². The lowest BCUT2D eigenvalue weighted by Crippen LogP contribution is -2.24. The maximum Gasteiger partial charge on any atom is 0.340 e. The molecule has 4 heteroatoms. The van der Waals surface area contributed by atoms with Crippen LogP contribution in [0, 0.1) is 0 Å². The van der Waals surface area contributed by atoms with Crippen molar-refractivity contribution >= 4 is 5.97 Å². The molecule has 1 N–H and O–H groups in total. The second-order valence-electron chi connectivity index (χ2n) is 4.42. The lowest BCUT2D eigenvalue weighted by Gasteiger charge is -2.21. The Labute approximate surface area is 94.7 Å². The van der Waals surface area contributed by atoms with E-state index in [1.807, 2.05) is 6.07 Å². The van der Waals surface area contributed by atoms with Gasteiger partial charge in [-0.2, -0.15) is 0 Å². The van der Waals surface area contributed by atoms with Gasteiger partial charge in [0.25, 0.3) is 0 Å². The summed E-state index contributed by atoms with van der Waals surface area (Å²) >= 11 is 0. The van der Waals surface area contributed by atoms with E-state index in [1.165, 1.54) is 0 Å². The molecule has 0 aliphatic heterocycles. The summed E-state index contributed by atoms with van der Waals surface area (Å²) in [7, 11) is 0. The SMILES string of the molecule is CC(C)(C)OOC(C(=O)O)c1ccccc1. The Hall–Kier alpha value is -1.39. The van der Waals surface area contributed by atoms with Crippen molar-refractivity contribution in [1.29, 1.82) is 0 Å². The normalized spacial score (nSPS) is 13.4. The minimum absolute atomic E-state index is 0.539. The van der Waals surface area contributed by atoms with Crippen LogP contribution in [0.2, 0.25) is 0 Å². The largest absolute Gasteiger partial charge is 0.479 e. The average Bonchev–Trinajstić information content (AvgIpc) is 2.17. The van der Waals surface area contributed by atoms with E-state index in [4.69, 9.17) is 14.9 Å². The summed E-state index contributed by atoms with van der Waals surface area (Å²) in [6, 6.07) is 8.69. The lowest BCUT2D eigenvalue weighted by atomic mass is 10.1. The van der Waals surface area contributed by atoms with Gasteiger partial charge >= 0.3 is 5.97 Å². The molecule has 0 aliphatic rings. The van der Waals surface area contributed by atoms with Crippen molar-refractivity contribution in [3.05, 3.63) is 35.9 Å². The van der Waals surface area contributed by atoms with Crippen molar-refractivity contribution < 1.29 is 19.7 Å². The summed E-state index contributed by atoms with van der Waals surface area (Å²) in [5.41, 5.74) is 0.0157. The quantitative estimate of drug-likeness (QED) is 0.630. The number of carboxylic acid groups (broad SMARTS) is 1. The first kappa shape index (κ1) is 12.7. The number of carbonyl (C=O) groups is 1. The first-order valence-electron chi connectivity index (χ1n) is 5.02. The standard InChI is InChI=1S/C12H16O4/c1-12(2,3)16-15-10(11(13)14)9-7-5-4-6-8-9/h4-8,10H,1-3H3,(H,13,14). The van der Waals surface area contributed by atoms with E-state index in [0.717, 1.165) is 0 Å². The van der Waals surface area contributed by atoms with Crippen LogP contribution in [0.1, 0.15) is 32.4 Å². The number of rotatable bonds is 4. The number of aliphatic carboxylic acids is 1. The van der Waals surface area contributed by atoms with E-state index in [9.17, 15) is 4.79 Å². The predicted octanol–water partition coefficient (Wildman–Crippen LogP) is 2.56. The van der Waals surface area contributed by atoms with Crippen molar-refractivity contribution in [2.75, 3.05) is 0 Å². The van der Waals surface area contributed by atoms with Crippen LogP contribution in [-0.4, -0.2) is 16.7 Å². The predicted molar refractivity (Wildman–Crippen MR) is 58.7 cm³/mol. The molecule has 0 bridgehead atoms. The van der Waals surface area contributed by atoms with Crippen LogP contribution in [0.3, 0.4) is 0 Å². The molecule has 1 atom stereocenters. The van der Waals surface area contributed by atoms with Gasteiger partial charge in [0, 0.05) is 0 Å². The molecule has 0 spiro atoms. The highest BCUT2D eigenvalue weighted by atomic mass is 17.2. The molecule has 0 amide bonds. The molecule has 1 aromatic carbocycles. The van der Waals surface area contributed by atoms with Gasteiger partial charge in [0.1, 0.15) is 0 Å². The van der Waals surface area contributed by atoms with E-state index in [1.54, 1.807) is 45.0 Å². The molecule has 0 radical (unpaired) electrons. The van der Waals surface area contributed by atoms with E-state index >= 15 is 0 Å². The monoisotopic (exact) mass is 224 g/mol. The Morgan fingerprint density at radius 2 is 1.81 bits per heavy atom. The zero-order valence-electron chi connectivity index (χ0n) is 9.64. The van der Waals surface area contributed by atoms with Gasteiger partial charge < -0.3 is 5.11 Å². The van der Waals surface area contributed by atoms with Crippen molar-refractivity contribution in [2.24, 2.45) is 0 Å². The van der Waals surface area contributed by atoms with Crippen molar-refractivity contribution in [3.8, 4) is 0 Å². The van der Waals surface area contributed by atoms with Crippen molar-refractivity contribution in [3.63, 3.8) is 0 Å². The topological polar surface area (TPSA) is 55.8 Å². The number of carboxylic acids is 1. The maximum atomic E-state index is 11.0. The van der Waals surface area contributed by atoms with E-state index < -0.39 is 17.7 Å². The van der Waals surface area contributed by atoms with Crippen LogP contribution >= 0.6 is 0 Å². The zero-order valence-corrected chi connectivity index (χ0v) is 9.64. The third-order valence-electron chi connectivity index (χ3n) is 1.72. The Morgan fingerprint density at radius 1 is 1.25 bits per heavy atom. The molecule has 0 heterocycles. The lowest BCUT2D eigenvalue weighted by molar-refractivity contribution is -0.370. The van der Waals surface area contributed by atoms with Crippen molar-refractivity contribution in [2.45, 2.75) is 32.5 Å². The smallest absolute Gasteiger partial charge is 0.340 e. The molecule has 0 saturated carbocycles. The van der Waals surface area contributed by atoms with Crippen LogP contribution in [0.5, 0.6) is 0 Å². The zero-order chi connectivity index (χ0) is 12.2. The highest BCUT2D eigenvalue weighted by Gasteiger charge is 2.24. The van der Waals surface area contributed by atoms with Crippen molar-refractivity contribution in [1.82, 2.24) is 0 Å². The van der Waals surface area contributed by atoms with Gasteiger partial charge in [-0.15, -0.1) is 0 Å². The second-order valence-corrected chi connectivity index (χ2v) is 4.42. The van der Waals surface area contributed by atoms with Gasteiger partial charge in [-0.25, -0.2) is 14.6 Å². The van der Waals surface area contributed by atoms with Crippen LogP contribution in [0.25, 0.3) is 0 Å². The molecule has 1 unspecified atom stereocenters. The summed E-state index contributed by atoms with van der Waals surface area (Å²) in [4.78, 5) is 21.0. The number of hydrogen-bond acceptors (Lipinski definition) is 3. The Bertz CT molecular complexity index is 340. The fraction of sp³-hybridized carbons (Fsp3) is 0.417. The van der Waals surface area contributed by atoms with Gasteiger partial charge in [0.15, 0.2) is 0 Å². The summed E-state index contributed by atoms with van der Waals surface area (Å²) in [6.07, 6.45) is -1.10. The minimum Gasteiger partial charge on any atom is -0.479 e. The molecule has 1 aromatic rings. The Balaban J connectivity index is 2.74. The van der Waals surface area contributed by atoms with Crippen LogP contribution < -0.4 is 0 Å². The molecule has 0 saturated heterocycles. The van der Waals surface area contributed by atoms with E-state index in [-0.39, 0.29) is 0 Å². The summed E-state index contributed by atoms with van der Waals surface area (Å²) in [5.74, 6) is -1.07. The Morgan fingerprint density at radius 3 is 2.25 bits per heavy atom. The number of benzene rings is 1. The highest BCUT2D eigenvalue weighted by Crippen LogP contribution is 2.20. The highest BCUT2D eigenvalue weighted by molar-refractivity contribution is 5.74. The first-order chi connectivity index (χ1) is 7.40. The summed E-state index contributed by atoms with van der Waals surface area (Å²) < 4.78 is 0. The fourth-order valence-corrected chi connectivity index (χ4v) is 1.06. The van der Waals surface area contributed by atoms with Gasteiger partial charge in [-0.05, 0) is 26.3 Å². The molecular weight excluding hydrogens is 208 g/mol. The molecular formula is C12H16O4. The average molecular weight is 224 g/mol. The van der Waals surface area contributed by atoms with Gasteiger partial charge in [0.05, 0.1) is 5.60 Å². The van der Waals surface area contributed by atoms with Gasteiger partial charge in [-0.1, -0.05) is 30.3 Å². The number of hydrogen-bond donors (Lipinski definition) is 1. The molecule has 0 aliphatic carbocycles. The fourth-order valence-electron chi connectivity index (χ4n) is 1.06. The van der Waals surface area contributed by atoms with Gasteiger partial charge in [0.2, 0.25) is 6.10 Å². The van der Waals surface area contributed by atoms with E-state index in [2.05, 4.69) is 0 Å². The summed E-state index contributed by atoms with van der Waals surface area (Å²) in [6.45, 7) is 5.37. The second kappa shape index (κ2) is 5.09. The molecule has 16 heavy (non-hydrogen) atoms. The molecule has 0 fully saturated rings. The molecule has 1 rings (SSSR count). The third-order valence-corrected chi connectivity index (χ3v) is 1.72. The van der Waals surface area contributed by atoms with Gasteiger partial charge in [-0.3, -0.25) is 0 Å². The Kier molecular flexibility index (Phi) is 4.04. The maximum absolute atomic E-state index is 11.0. The van der Waals surface area contributed by atoms with Crippen LogP contribution in [0.4, 0.5) is 0 Å². The minimum atomic E-state index is -1.10. The third kappa shape index (κ3) is 4.00. The molecule has 4 nitrogen and oxygen atoms in total.